The molecule has 8 heteroatoms. The van der Waals surface area contributed by atoms with Crippen molar-refractivity contribution in [3.05, 3.63) is 38.9 Å². The van der Waals surface area contributed by atoms with E-state index >= 15 is 0 Å². The van der Waals surface area contributed by atoms with E-state index in [1.54, 1.807) is 6.07 Å². The number of halogens is 1. The van der Waals surface area contributed by atoms with Crippen LogP contribution in [0.4, 0.5) is 5.69 Å². The van der Waals surface area contributed by atoms with Crippen LogP contribution in [0.5, 0.6) is 0 Å². The predicted octanol–water partition coefficient (Wildman–Crippen LogP) is 1.92. The maximum absolute atomic E-state index is 11.5. The maximum atomic E-state index is 11.5. The normalized spacial score (nSPS) is 24.7. The third kappa shape index (κ3) is 3.47. The number of nitro benzene ring substituents is 1. The molecule has 1 N–H and O–H groups in total. The van der Waals surface area contributed by atoms with Crippen molar-refractivity contribution in [1.29, 1.82) is 0 Å². The molecule has 0 saturated carbocycles. The molecular weight excluding hydrogens is 304 g/mol. The van der Waals surface area contributed by atoms with Crippen LogP contribution in [0.2, 0.25) is 5.02 Å². The molecule has 0 radical (unpaired) electrons. The highest BCUT2D eigenvalue weighted by atomic mass is 35.5. The van der Waals surface area contributed by atoms with Crippen LogP contribution in [0.25, 0.3) is 0 Å². The lowest BCUT2D eigenvalue weighted by Crippen LogP contribution is -2.42. The summed E-state index contributed by atoms with van der Waals surface area (Å²) in [7, 11) is -2.97. The lowest BCUT2D eigenvalue weighted by Gasteiger charge is -2.24. The number of non-ortho nitro benzene ring substituents is 1. The van der Waals surface area contributed by atoms with Gasteiger partial charge < -0.3 is 5.32 Å². The average Bonchev–Trinajstić information content (AvgIpc) is 2.62. The minimum absolute atomic E-state index is 0.0617. The Hall–Kier alpha value is -1.18. The van der Waals surface area contributed by atoms with Gasteiger partial charge in [-0.1, -0.05) is 11.6 Å². The summed E-state index contributed by atoms with van der Waals surface area (Å²) in [5.74, 6) is 0.287. The summed E-state index contributed by atoms with van der Waals surface area (Å²) in [4.78, 5) is 10.1. The summed E-state index contributed by atoms with van der Waals surface area (Å²) in [6.07, 6.45) is 0.555. The number of rotatable bonds is 4. The largest absolute Gasteiger partial charge is 0.306 e. The van der Waals surface area contributed by atoms with E-state index in [-0.39, 0.29) is 17.2 Å². The Morgan fingerprint density at radius 2 is 2.20 bits per heavy atom. The van der Waals surface area contributed by atoms with Crippen molar-refractivity contribution in [3.8, 4) is 0 Å². The summed E-state index contributed by atoms with van der Waals surface area (Å²) < 4.78 is 23.0. The van der Waals surface area contributed by atoms with Gasteiger partial charge in [-0.25, -0.2) is 8.42 Å². The first kappa shape index (κ1) is 15.2. The monoisotopic (exact) mass is 318 g/mol. The Morgan fingerprint density at radius 1 is 1.50 bits per heavy atom. The summed E-state index contributed by atoms with van der Waals surface area (Å²) in [6.45, 7) is 2.24. The second-order valence-electron chi connectivity index (χ2n) is 5.29. The molecule has 0 aliphatic carbocycles. The first-order valence-corrected chi connectivity index (χ1v) is 8.29. The van der Waals surface area contributed by atoms with Gasteiger partial charge in [0.15, 0.2) is 9.84 Å². The zero-order valence-corrected chi connectivity index (χ0v) is 12.5. The van der Waals surface area contributed by atoms with E-state index in [4.69, 9.17) is 11.6 Å². The standard InChI is InChI=1S/C12H15ClN2O4S/c1-12(4-5-20(18,19)8-12)14-7-9-2-3-10(15(16)17)6-11(9)13/h2-3,6,14H,4-5,7-8H2,1H3. The van der Waals surface area contributed by atoms with E-state index in [0.717, 1.165) is 0 Å². The van der Waals surface area contributed by atoms with Crippen molar-refractivity contribution in [1.82, 2.24) is 5.32 Å². The van der Waals surface area contributed by atoms with Crippen molar-refractivity contribution in [2.75, 3.05) is 11.5 Å². The summed E-state index contributed by atoms with van der Waals surface area (Å²) in [5.41, 5.74) is 0.181. The topological polar surface area (TPSA) is 89.3 Å². The van der Waals surface area contributed by atoms with Crippen LogP contribution in [0, 0.1) is 10.1 Å². The first-order chi connectivity index (χ1) is 9.21. The van der Waals surface area contributed by atoms with Crippen LogP contribution in [-0.4, -0.2) is 30.4 Å². The van der Waals surface area contributed by atoms with Crippen LogP contribution < -0.4 is 5.32 Å². The van der Waals surface area contributed by atoms with Gasteiger partial charge in [-0.05, 0) is 25.0 Å². The van der Waals surface area contributed by atoms with E-state index in [1.807, 2.05) is 6.92 Å². The Morgan fingerprint density at radius 3 is 2.70 bits per heavy atom. The highest BCUT2D eigenvalue weighted by molar-refractivity contribution is 7.91. The van der Waals surface area contributed by atoms with Crippen molar-refractivity contribution < 1.29 is 13.3 Å². The van der Waals surface area contributed by atoms with Gasteiger partial charge in [-0.3, -0.25) is 10.1 Å². The van der Waals surface area contributed by atoms with Gasteiger partial charge in [-0.2, -0.15) is 0 Å². The molecule has 20 heavy (non-hydrogen) atoms. The van der Waals surface area contributed by atoms with Crippen LogP contribution >= 0.6 is 11.6 Å². The lowest BCUT2D eigenvalue weighted by molar-refractivity contribution is -0.384. The van der Waals surface area contributed by atoms with E-state index in [2.05, 4.69) is 5.32 Å². The molecule has 0 amide bonds. The fourth-order valence-corrected chi connectivity index (χ4v) is 4.62. The van der Waals surface area contributed by atoms with Gasteiger partial charge in [0.05, 0.1) is 21.5 Å². The van der Waals surface area contributed by atoms with E-state index in [9.17, 15) is 18.5 Å². The highest BCUT2D eigenvalue weighted by Crippen LogP contribution is 2.26. The Kier molecular flexibility index (Phi) is 4.04. The highest BCUT2D eigenvalue weighted by Gasteiger charge is 2.37. The van der Waals surface area contributed by atoms with Gasteiger partial charge in [0.1, 0.15) is 0 Å². The van der Waals surface area contributed by atoms with Crippen LogP contribution in [0.1, 0.15) is 18.9 Å². The molecule has 1 aromatic carbocycles. The third-order valence-electron chi connectivity index (χ3n) is 3.46. The van der Waals surface area contributed by atoms with Gasteiger partial charge >= 0.3 is 0 Å². The van der Waals surface area contributed by atoms with E-state index in [1.165, 1.54) is 12.1 Å². The Bertz CT molecular complexity index is 647. The molecule has 1 aliphatic heterocycles. The van der Waals surface area contributed by atoms with Gasteiger partial charge in [0, 0.05) is 24.2 Å². The van der Waals surface area contributed by atoms with Crippen LogP contribution in [0.3, 0.4) is 0 Å². The molecule has 6 nitrogen and oxygen atoms in total. The molecule has 1 aliphatic rings. The van der Waals surface area contributed by atoms with Gasteiger partial charge in [0.2, 0.25) is 0 Å². The number of hydrogen-bond donors (Lipinski definition) is 1. The second kappa shape index (κ2) is 5.31. The van der Waals surface area contributed by atoms with Gasteiger partial charge in [0.25, 0.3) is 5.69 Å². The minimum Gasteiger partial charge on any atom is -0.306 e. The zero-order valence-electron chi connectivity index (χ0n) is 10.9. The molecular formula is C12H15ClN2O4S. The van der Waals surface area contributed by atoms with Crippen LogP contribution in [-0.2, 0) is 16.4 Å². The fraction of sp³-hybridized carbons (Fsp3) is 0.500. The average molecular weight is 319 g/mol. The number of nitrogens with one attached hydrogen (secondary N) is 1. The van der Waals surface area contributed by atoms with Crippen molar-refractivity contribution in [2.45, 2.75) is 25.4 Å². The Balaban J connectivity index is 2.07. The lowest BCUT2D eigenvalue weighted by atomic mass is 10.0. The zero-order chi connectivity index (χ0) is 15.0. The molecule has 1 saturated heterocycles. The number of sulfone groups is 1. The predicted molar refractivity (Wildman–Crippen MR) is 76.6 cm³/mol. The quantitative estimate of drug-likeness (QED) is 0.676. The van der Waals surface area contributed by atoms with Crippen molar-refractivity contribution >= 4 is 27.1 Å². The van der Waals surface area contributed by atoms with E-state index < -0.39 is 20.3 Å². The Labute approximate surface area is 122 Å². The van der Waals surface area contributed by atoms with Gasteiger partial charge in [-0.15, -0.1) is 0 Å². The molecule has 0 aromatic heterocycles. The molecule has 1 fully saturated rings. The maximum Gasteiger partial charge on any atom is 0.270 e. The second-order valence-corrected chi connectivity index (χ2v) is 7.88. The third-order valence-corrected chi connectivity index (χ3v) is 5.71. The molecule has 2 rings (SSSR count). The summed E-state index contributed by atoms with van der Waals surface area (Å²) >= 11 is 6.00. The molecule has 1 aromatic rings. The van der Waals surface area contributed by atoms with Crippen molar-refractivity contribution in [3.63, 3.8) is 0 Å². The molecule has 1 atom stereocenters. The molecule has 110 valence electrons. The smallest absolute Gasteiger partial charge is 0.270 e. The van der Waals surface area contributed by atoms with E-state index in [0.29, 0.717) is 23.6 Å². The number of hydrogen-bond acceptors (Lipinski definition) is 5. The number of benzene rings is 1. The number of nitro groups is 1. The summed E-state index contributed by atoms with van der Waals surface area (Å²) in [6, 6.07) is 4.27. The molecule has 1 heterocycles. The molecule has 0 spiro atoms. The molecule has 1 unspecified atom stereocenters. The van der Waals surface area contributed by atoms with Crippen molar-refractivity contribution in [2.24, 2.45) is 0 Å². The summed E-state index contributed by atoms with van der Waals surface area (Å²) in [5, 5.41) is 14.1. The first-order valence-electron chi connectivity index (χ1n) is 6.09. The fourth-order valence-electron chi connectivity index (χ4n) is 2.25. The minimum atomic E-state index is -2.97. The molecule has 0 bridgehead atoms. The van der Waals surface area contributed by atoms with Crippen LogP contribution in [0.15, 0.2) is 18.2 Å². The SMILES string of the molecule is CC1(NCc2ccc([N+](=O)[O-])cc2Cl)CCS(=O)(=O)C1. The number of nitrogens with zero attached hydrogens (tertiary/aromatic N) is 1.